The lowest BCUT2D eigenvalue weighted by atomic mass is 10.1. The maximum Gasteiger partial charge on any atom is 0.317 e. The Hall–Kier alpha value is -0.770. The van der Waals surface area contributed by atoms with Gasteiger partial charge in [-0.1, -0.05) is 27.7 Å². The molecular weight excluding hydrogens is 238 g/mol. The van der Waals surface area contributed by atoms with Crippen molar-refractivity contribution in [2.75, 3.05) is 39.3 Å². The van der Waals surface area contributed by atoms with Crippen molar-refractivity contribution in [2.24, 2.45) is 11.8 Å². The molecule has 0 radical (unpaired) electrons. The molecule has 1 saturated heterocycles. The van der Waals surface area contributed by atoms with Gasteiger partial charge in [-0.15, -0.1) is 0 Å². The Morgan fingerprint density at radius 2 is 1.58 bits per heavy atom. The fraction of sp³-hybridized carbons (Fsp3) is 0.933. The van der Waals surface area contributed by atoms with Crippen molar-refractivity contribution in [1.82, 2.24) is 15.1 Å². The van der Waals surface area contributed by atoms with Crippen molar-refractivity contribution in [3.63, 3.8) is 0 Å². The molecule has 1 aliphatic heterocycles. The first-order valence-corrected chi connectivity index (χ1v) is 7.74. The van der Waals surface area contributed by atoms with Crippen LogP contribution in [0.25, 0.3) is 0 Å². The molecule has 4 heteroatoms. The van der Waals surface area contributed by atoms with Gasteiger partial charge < -0.3 is 10.2 Å². The topological polar surface area (TPSA) is 35.6 Å². The van der Waals surface area contributed by atoms with Crippen LogP contribution >= 0.6 is 0 Å². The number of hydrogen-bond donors (Lipinski definition) is 1. The molecule has 0 aromatic carbocycles. The Kier molecular flexibility index (Phi) is 7.21. The number of nitrogens with zero attached hydrogens (tertiary/aromatic N) is 2. The van der Waals surface area contributed by atoms with E-state index in [0.29, 0.717) is 5.92 Å². The van der Waals surface area contributed by atoms with Gasteiger partial charge in [-0.05, 0) is 31.2 Å². The van der Waals surface area contributed by atoms with Gasteiger partial charge in [-0.3, -0.25) is 4.90 Å². The number of carbonyl (C=O) groups excluding carboxylic acids is 1. The number of urea groups is 1. The number of piperazine rings is 1. The van der Waals surface area contributed by atoms with E-state index in [1.807, 2.05) is 4.90 Å². The lowest BCUT2D eigenvalue weighted by Gasteiger charge is -2.35. The van der Waals surface area contributed by atoms with Crippen LogP contribution in [-0.4, -0.2) is 55.1 Å². The van der Waals surface area contributed by atoms with Crippen molar-refractivity contribution in [1.29, 1.82) is 0 Å². The molecule has 0 saturated carbocycles. The summed E-state index contributed by atoms with van der Waals surface area (Å²) < 4.78 is 0. The number of hydrogen-bond acceptors (Lipinski definition) is 2. The van der Waals surface area contributed by atoms with Gasteiger partial charge in [0.1, 0.15) is 0 Å². The Morgan fingerprint density at radius 1 is 1.00 bits per heavy atom. The molecule has 1 aliphatic rings. The van der Waals surface area contributed by atoms with Gasteiger partial charge in [0.25, 0.3) is 0 Å². The molecule has 0 aromatic heterocycles. The van der Waals surface area contributed by atoms with Gasteiger partial charge in [-0.2, -0.15) is 0 Å². The zero-order valence-electron chi connectivity index (χ0n) is 13.1. The van der Waals surface area contributed by atoms with Gasteiger partial charge in [0.2, 0.25) is 0 Å². The van der Waals surface area contributed by atoms with E-state index < -0.39 is 0 Å². The number of rotatable bonds is 6. The third-order valence-electron chi connectivity index (χ3n) is 3.68. The van der Waals surface area contributed by atoms with Crippen LogP contribution in [0.3, 0.4) is 0 Å². The summed E-state index contributed by atoms with van der Waals surface area (Å²) in [6.07, 6.45) is 2.31. The highest BCUT2D eigenvalue weighted by Crippen LogP contribution is 2.06. The molecule has 1 N–H and O–H groups in total. The molecule has 0 spiro atoms. The smallest absolute Gasteiger partial charge is 0.317 e. The van der Waals surface area contributed by atoms with Crippen LogP contribution in [0, 0.1) is 11.8 Å². The largest absolute Gasteiger partial charge is 0.338 e. The minimum Gasteiger partial charge on any atom is -0.338 e. The van der Waals surface area contributed by atoms with Crippen LogP contribution in [-0.2, 0) is 0 Å². The van der Waals surface area contributed by atoms with Gasteiger partial charge in [0.05, 0.1) is 0 Å². The number of amides is 2. The lowest BCUT2D eigenvalue weighted by Crippen LogP contribution is -2.52. The summed E-state index contributed by atoms with van der Waals surface area (Å²) in [7, 11) is 0. The van der Waals surface area contributed by atoms with Gasteiger partial charge in [0, 0.05) is 32.7 Å². The van der Waals surface area contributed by atoms with E-state index in [-0.39, 0.29) is 6.03 Å². The summed E-state index contributed by atoms with van der Waals surface area (Å²) in [5.41, 5.74) is 0. The zero-order chi connectivity index (χ0) is 14.3. The molecule has 1 rings (SSSR count). The van der Waals surface area contributed by atoms with Crippen molar-refractivity contribution < 1.29 is 4.79 Å². The normalized spacial score (nSPS) is 17.3. The molecule has 4 nitrogen and oxygen atoms in total. The second-order valence-corrected chi connectivity index (χ2v) is 6.43. The summed E-state index contributed by atoms with van der Waals surface area (Å²) >= 11 is 0. The molecule has 2 amide bonds. The highest BCUT2D eigenvalue weighted by atomic mass is 16.2. The fourth-order valence-corrected chi connectivity index (χ4v) is 2.19. The van der Waals surface area contributed by atoms with E-state index in [1.165, 1.54) is 13.0 Å². The van der Waals surface area contributed by atoms with Crippen molar-refractivity contribution in [3.05, 3.63) is 0 Å². The quantitative estimate of drug-likeness (QED) is 0.804. The average Bonchev–Trinajstić information content (AvgIpc) is 2.36. The van der Waals surface area contributed by atoms with Crippen LogP contribution in [0.2, 0.25) is 0 Å². The average molecular weight is 269 g/mol. The van der Waals surface area contributed by atoms with E-state index in [1.54, 1.807) is 0 Å². The third-order valence-corrected chi connectivity index (χ3v) is 3.68. The zero-order valence-corrected chi connectivity index (χ0v) is 13.1. The second kappa shape index (κ2) is 8.41. The van der Waals surface area contributed by atoms with Crippen LogP contribution in [0.15, 0.2) is 0 Å². The van der Waals surface area contributed by atoms with Crippen LogP contribution < -0.4 is 5.32 Å². The van der Waals surface area contributed by atoms with Gasteiger partial charge in [-0.25, -0.2) is 4.79 Å². The predicted molar refractivity (Wildman–Crippen MR) is 80.3 cm³/mol. The number of carbonyl (C=O) groups is 1. The highest BCUT2D eigenvalue weighted by molar-refractivity contribution is 5.74. The maximum atomic E-state index is 11.9. The Morgan fingerprint density at radius 3 is 2.11 bits per heavy atom. The van der Waals surface area contributed by atoms with E-state index in [4.69, 9.17) is 0 Å². The SMILES string of the molecule is CC(C)CCNC(=O)N1CCN(CCC(C)C)CC1. The first-order valence-electron chi connectivity index (χ1n) is 7.74. The molecule has 0 aromatic rings. The minimum atomic E-state index is 0.115. The molecule has 112 valence electrons. The first-order chi connectivity index (χ1) is 8.99. The van der Waals surface area contributed by atoms with E-state index >= 15 is 0 Å². The Balaban J connectivity index is 2.16. The minimum absolute atomic E-state index is 0.115. The molecule has 1 fully saturated rings. The van der Waals surface area contributed by atoms with Gasteiger partial charge >= 0.3 is 6.03 Å². The maximum absolute atomic E-state index is 11.9. The third kappa shape index (κ3) is 6.81. The molecule has 0 unspecified atom stereocenters. The van der Waals surface area contributed by atoms with E-state index in [0.717, 1.165) is 45.1 Å². The molecule has 0 atom stereocenters. The van der Waals surface area contributed by atoms with Crippen LogP contribution in [0.1, 0.15) is 40.5 Å². The van der Waals surface area contributed by atoms with Crippen LogP contribution in [0.5, 0.6) is 0 Å². The predicted octanol–water partition coefficient (Wildman–Crippen LogP) is 2.41. The molecule has 19 heavy (non-hydrogen) atoms. The van der Waals surface area contributed by atoms with Crippen molar-refractivity contribution in [3.8, 4) is 0 Å². The van der Waals surface area contributed by atoms with Crippen molar-refractivity contribution in [2.45, 2.75) is 40.5 Å². The molecule has 1 heterocycles. The first kappa shape index (κ1) is 16.3. The van der Waals surface area contributed by atoms with Gasteiger partial charge in [0.15, 0.2) is 0 Å². The lowest BCUT2D eigenvalue weighted by molar-refractivity contribution is 0.135. The van der Waals surface area contributed by atoms with Crippen molar-refractivity contribution >= 4 is 6.03 Å². The van der Waals surface area contributed by atoms with E-state index in [9.17, 15) is 4.79 Å². The van der Waals surface area contributed by atoms with E-state index in [2.05, 4.69) is 37.9 Å². The Labute approximate surface area is 118 Å². The Bertz CT molecular complexity index is 258. The monoisotopic (exact) mass is 269 g/mol. The number of nitrogens with one attached hydrogen (secondary N) is 1. The summed E-state index contributed by atoms with van der Waals surface area (Å²) in [6, 6.07) is 0.115. The summed E-state index contributed by atoms with van der Waals surface area (Å²) in [4.78, 5) is 16.4. The molecular formula is C15H31N3O. The summed E-state index contributed by atoms with van der Waals surface area (Å²) in [5.74, 6) is 1.41. The summed E-state index contributed by atoms with van der Waals surface area (Å²) in [6.45, 7) is 14.6. The molecule has 0 aliphatic carbocycles. The fourth-order valence-electron chi connectivity index (χ4n) is 2.19. The summed E-state index contributed by atoms with van der Waals surface area (Å²) in [5, 5.41) is 3.02. The van der Waals surface area contributed by atoms with Crippen LogP contribution in [0.4, 0.5) is 4.79 Å². The standard InChI is InChI=1S/C15H31N3O/c1-13(2)5-7-16-15(19)18-11-9-17(10-12-18)8-6-14(3)4/h13-14H,5-12H2,1-4H3,(H,16,19). The second-order valence-electron chi connectivity index (χ2n) is 6.43. The highest BCUT2D eigenvalue weighted by Gasteiger charge is 2.20. The molecule has 0 bridgehead atoms.